The van der Waals surface area contributed by atoms with Crippen LogP contribution in [-0.2, 0) is 4.74 Å². The second kappa shape index (κ2) is 5.51. The monoisotopic (exact) mass is 174 g/mol. The van der Waals surface area contributed by atoms with E-state index in [0.29, 0.717) is 12.5 Å². The average molecular weight is 174 g/mol. The summed E-state index contributed by atoms with van der Waals surface area (Å²) in [5, 5.41) is 8.78. The van der Waals surface area contributed by atoms with E-state index >= 15 is 0 Å². The molecule has 1 aliphatic heterocycles. The van der Waals surface area contributed by atoms with Gasteiger partial charge in [0, 0.05) is 13.0 Å². The van der Waals surface area contributed by atoms with E-state index in [4.69, 9.17) is 9.84 Å². The van der Waals surface area contributed by atoms with Gasteiger partial charge >= 0.3 is 0 Å². The molecule has 0 saturated carbocycles. The molecule has 1 heterocycles. The minimum absolute atomic E-state index is 0.315. The Morgan fingerprint density at radius 2 is 2.42 bits per heavy atom. The second-order valence-corrected chi connectivity index (χ2v) is 3.64. The van der Waals surface area contributed by atoms with Gasteiger partial charge in [-0.1, -0.05) is 0 Å². The van der Waals surface area contributed by atoms with Crippen LogP contribution in [0, 0.1) is 5.92 Å². The van der Waals surface area contributed by atoms with Crippen molar-refractivity contribution in [2.24, 2.45) is 5.92 Å². The van der Waals surface area contributed by atoms with Gasteiger partial charge in [0.05, 0.1) is 26.3 Å². The Balaban J connectivity index is 2.20. The van der Waals surface area contributed by atoms with Crippen molar-refractivity contribution in [1.82, 2.24) is 0 Å². The molecule has 1 saturated heterocycles. The predicted molar refractivity (Wildman–Crippen MR) is 47.2 cm³/mol. The molecule has 0 bridgehead atoms. The van der Waals surface area contributed by atoms with Crippen molar-refractivity contribution < 1.29 is 14.7 Å². The first-order valence-electron chi connectivity index (χ1n) is 4.80. The zero-order chi connectivity index (χ0) is 8.81. The third-order valence-corrected chi connectivity index (χ3v) is 2.59. The van der Waals surface area contributed by atoms with Gasteiger partial charge in [-0.2, -0.15) is 0 Å². The van der Waals surface area contributed by atoms with Crippen LogP contribution in [0.15, 0.2) is 0 Å². The summed E-state index contributed by atoms with van der Waals surface area (Å²) in [6, 6.07) is 0. The van der Waals surface area contributed by atoms with E-state index in [1.165, 1.54) is 30.8 Å². The molecule has 0 aromatic carbocycles. The van der Waals surface area contributed by atoms with Crippen LogP contribution in [0.4, 0.5) is 0 Å². The number of rotatable bonds is 4. The van der Waals surface area contributed by atoms with Crippen LogP contribution in [-0.4, -0.2) is 45.1 Å². The smallest absolute Gasteiger partial charge is 0.101 e. The van der Waals surface area contributed by atoms with E-state index in [1.54, 1.807) is 7.11 Å². The number of hydrogen-bond acceptors (Lipinski definition) is 2. The van der Waals surface area contributed by atoms with Crippen LogP contribution >= 0.6 is 0 Å². The molecule has 0 aromatic rings. The fourth-order valence-corrected chi connectivity index (χ4v) is 2.02. The van der Waals surface area contributed by atoms with E-state index in [9.17, 15) is 0 Å². The number of ether oxygens (including phenoxy) is 1. The Morgan fingerprint density at radius 1 is 1.58 bits per heavy atom. The summed E-state index contributed by atoms with van der Waals surface area (Å²) in [6.45, 7) is 4.50. The van der Waals surface area contributed by atoms with Gasteiger partial charge in [-0.05, 0) is 12.8 Å². The Kier molecular flexibility index (Phi) is 4.58. The number of likely N-dealkylation sites (tertiary alicyclic amines) is 1. The molecule has 2 unspecified atom stereocenters. The zero-order valence-electron chi connectivity index (χ0n) is 7.88. The van der Waals surface area contributed by atoms with Crippen molar-refractivity contribution in [3.05, 3.63) is 0 Å². The van der Waals surface area contributed by atoms with Crippen LogP contribution in [0.5, 0.6) is 0 Å². The number of nitrogens with one attached hydrogen (secondary N) is 1. The highest BCUT2D eigenvalue weighted by atomic mass is 16.5. The molecular formula is C9H20NO2+. The number of methoxy groups -OCH3 is 1. The molecule has 0 aliphatic carbocycles. The first-order chi connectivity index (χ1) is 5.86. The molecule has 0 spiro atoms. The zero-order valence-corrected chi connectivity index (χ0v) is 7.88. The summed E-state index contributed by atoms with van der Waals surface area (Å²) in [7, 11) is 1.76. The predicted octanol–water partition coefficient (Wildman–Crippen LogP) is -1.08. The Hall–Kier alpha value is -0.120. The topological polar surface area (TPSA) is 33.9 Å². The first-order valence-corrected chi connectivity index (χ1v) is 4.80. The third-order valence-electron chi connectivity index (χ3n) is 2.59. The number of quaternary nitrogens is 1. The summed E-state index contributed by atoms with van der Waals surface area (Å²) in [6.07, 6.45) is 2.58. The van der Waals surface area contributed by atoms with Crippen LogP contribution in [0.3, 0.4) is 0 Å². The molecule has 0 radical (unpaired) electrons. The summed E-state index contributed by atoms with van der Waals surface area (Å²) < 4.78 is 5.13. The van der Waals surface area contributed by atoms with Gasteiger partial charge in [-0.15, -0.1) is 0 Å². The largest absolute Gasteiger partial charge is 0.391 e. The minimum Gasteiger partial charge on any atom is -0.391 e. The Morgan fingerprint density at radius 3 is 3.08 bits per heavy atom. The van der Waals surface area contributed by atoms with Gasteiger partial charge in [0.1, 0.15) is 6.54 Å². The SMILES string of the molecule is COCC1CCC[NH+](CCO)C1. The van der Waals surface area contributed by atoms with E-state index in [1.807, 2.05) is 0 Å². The lowest BCUT2D eigenvalue weighted by Crippen LogP contribution is -3.14. The molecule has 1 fully saturated rings. The lowest BCUT2D eigenvalue weighted by Gasteiger charge is -2.28. The number of aliphatic hydroxyl groups is 1. The fourth-order valence-electron chi connectivity index (χ4n) is 2.02. The van der Waals surface area contributed by atoms with Crippen LogP contribution in [0.2, 0.25) is 0 Å². The quantitative estimate of drug-likeness (QED) is 0.568. The number of hydrogen-bond donors (Lipinski definition) is 2. The highest BCUT2D eigenvalue weighted by molar-refractivity contribution is 4.60. The van der Waals surface area contributed by atoms with Gasteiger partial charge in [0.25, 0.3) is 0 Å². The molecular weight excluding hydrogens is 154 g/mol. The maximum atomic E-state index is 8.78. The minimum atomic E-state index is 0.315. The molecule has 0 aromatic heterocycles. The van der Waals surface area contributed by atoms with Crippen LogP contribution in [0.25, 0.3) is 0 Å². The second-order valence-electron chi connectivity index (χ2n) is 3.64. The lowest BCUT2D eigenvalue weighted by atomic mass is 9.99. The summed E-state index contributed by atoms with van der Waals surface area (Å²) in [5.74, 6) is 0.713. The Bertz CT molecular complexity index is 103. The van der Waals surface area contributed by atoms with Crippen LogP contribution in [0.1, 0.15) is 12.8 Å². The van der Waals surface area contributed by atoms with Crippen molar-refractivity contribution in [1.29, 1.82) is 0 Å². The van der Waals surface area contributed by atoms with Gasteiger partial charge in [0.2, 0.25) is 0 Å². The maximum Gasteiger partial charge on any atom is 0.101 e. The van der Waals surface area contributed by atoms with Crippen molar-refractivity contribution in [3.63, 3.8) is 0 Å². The van der Waals surface area contributed by atoms with E-state index < -0.39 is 0 Å². The van der Waals surface area contributed by atoms with Gasteiger partial charge in [-0.25, -0.2) is 0 Å². The van der Waals surface area contributed by atoms with Gasteiger partial charge in [-0.3, -0.25) is 0 Å². The van der Waals surface area contributed by atoms with Gasteiger partial charge in [0.15, 0.2) is 0 Å². The van der Waals surface area contributed by atoms with Crippen molar-refractivity contribution in [2.75, 3.05) is 40.0 Å². The van der Waals surface area contributed by atoms with E-state index in [0.717, 1.165) is 13.2 Å². The van der Waals surface area contributed by atoms with Gasteiger partial charge < -0.3 is 14.7 Å². The molecule has 0 amide bonds. The number of aliphatic hydroxyl groups excluding tert-OH is 1. The maximum absolute atomic E-state index is 8.78. The summed E-state index contributed by atoms with van der Waals surface area (Å²) in [4.78, 5) is 1.53. The highest BCUT2D eigenvalue weighted by Gasteiger charge is 2.21. The standard InChI is InChI=1S/C9H19NO2/c1-12-8-9-3-2-4-10(7-9)5-6-11/h9,11H,2-8H2,1H3/p+1. The summed E-state index contributed by atoms with van der Waals surface area (Å²) in [5.41, 5.74) is 0. The average Bonchev–Trinajstić information content (AvgIpc) is 2.06. The lowest BCUT2D eigenvalue weighted by molar-refractivity contribution is -0.909. The van der Waals surface area contributed by atoms with Crippen LogP contribution < -0.4 is 4.90 Å². The molecule has 1 rings (SSSR count). The van der Waals surface area contributed by atoms with E-state index in [-0.39, 0.29) is 0 Å². The van der Waals surface area contributed by atoms with Crippen molar-refractivity contribution >= 4 is 0 Å². The summed E-state index contributed by atoms with van der Waals surface area (Å²) >= 11 is 0. The normalized spacial score (nSPS) is 30.5. The molecule has 1 aliphatic rings. The molecule has 2 atom stereocenters. The Labute approximate surface area is 74.3 Å². The van der Waals surface area contributed by atoms with Crippen molar-refractivity contribution in [3.8, 4) is 0 Å². The first kappa shape index (κ1) is 9.96. The molecule has 12 heavy (non-hydrogen) atoms. The third kappa shape index (κ3) is 3.09. The highest BCUT2D eigenvalue weighted by Crippen LogP contribution is 2.06. The van der Waals surface area contributed by atoms with Crippen molar-refractivity contribution in [2.45, 2.75) is 12.8 Å². The number of piperidine rings is 1. The molecule has 3 heteroatoms. The molecule has 72 valence electrons. The fraction of sp³-hybridized carbons (Fsp3) is 1.00. The molecule has 2 N–H and O–H groups in total. The van der Waals surface area contributed by atoms with E-state index in [2.05, 4.69) is 0 Å². The molecule has 3 nitrogen and oxygen atoms in total.